The lowest BCUT2D eigenvalue weighted by molar-refractivity contribution is 0.174. The van der Waals surface area contributed by atoms with Gasteiger partial charge in [-0.2, -0.15) is 5.26 Å². The molecule has 0 fully saturated rings. The number of benzene rings is 2. The third-order valence-corrected chi connectivity index (χ3v) is 5.96. The molecule has 0 radical (unpaired) electrons. The number of nitrogens with zero attached hydrogens (tertiary/aromatic N) is 2. The molecule has 8 heteroatoms. The number of phenols is 1. The van der Waals surface area contributed by atoms with Gasteiger partial charge in [0.1, 0.15) is 16.8 Å². The van der Waals surface area contributed by atoms with E-state index in [1.165, 1.54) is 11.3 Å². The molecule has 1 aliphatic rings. The van der Waals surface area contributed by atoms with Gasteiger partial charge in [0, 0.05) is 10.9 Å². The van der Waals surface area contributed by atoms with Crippen molar-refractivity contribution < 1.29 is 14.6 Å². The Morgan fingerprint density at radius 1 is 1.19 bits per heavy atom. The third kappa shape index (κ3) is 3.58. The number of hydrogen-bond acceptors (Lipinski definition) is 6. The lowest BCUT2D eigenvalue weighted by atomic mass is 10.1. The lowest BCUT2D eigenvalue weighted by Crippen LogP contribution is -1.92. The molecule has 0 atom stereocenters. The van der Waals surface area contributed by atoms with E-state index in [0.717, 1.165) is 22.6 Å². The standard InChI is InChI=1S/C19H10Br2N2O3S/c20-13-4-10(5-14(21)18(13)24)3-12(7-22)19-23-15(8-27-19)11-1-2-16-17(6-11)26-9-25-16/h1-6,8,24H,9H2. The van der Waals surface area contributed by atoms with Crippen molar-refractivity contribution in [2.75, 3.05) is 6.79 Å². The fourth-order valence-corrected chi connectivity index (χ4v) is 4.58. The maximum absolute atomic E-state index is 9.83. The Bertz CT molecular complexity index is 1100. The Hall–Kier alpha value is -2.34. The van der Waals surface area contributed by atoms with Crippen LogP contribution in [0.1, 0.15) is 10.6 Å². The van der Waals surface area contributed by atoms with E-state index in [2.05, 4.69) is 42.9 Å². The first-order valence-corrected chi connectivity index (χ1v) is 10.2. The zero-order chi connectivity index (χ0) is 19.0. The quantitative estimate of drug-likeness (QED) is 0.453. The van der Waals surface area contributed by atoms with E-state index >= 15 is 0 Å². The highest BCUT2D eigenvalue weighted by molar-refractivity contribution is 9.11. The maximum Gasteiger partial charge on any atom is 0.231 e. The molecule has 2 aromatic carbocycles. The Morgan fingerprint density at radius 3 is 2.67 bits per heavy atom. The zero-order valence-electron chi connectivity index (χ0n) is 13.6. The van der Waals surface area contributed by atoms with Gasteiger partial charge >= 0.3 is 0 Å². The van der Waals surface area contributed by atoms with E-state index in [-0.39, 0.29) is 12.5 Å². The van der Waals surface area contributed by atoms with Crippen molar-refractivity contribution in [2.45, 2.75) is 0 Å². The predicted octanol–water partition coefficient (Wildman–Crippen LogP) is 5.83. The molecule has 3 aromatic rings. The molecule has 1 N–H and O–H groups in total. The fourth-order valence-electron chi connectivity index (χ4n) is 2.56. The number of hydrogen-bond donors (Lipinski definition) is 1. The summed E-state index contributed by atoms with van der Waals surface area (Å²) in [6, 6.07) is 11.3. The van der Waals surface area contributed by atoms with Crippen LogP contribution in [0.4, 0.5) is 0 Å². The SMILES string of the molecule is N#CC(=Cc1cc(Br)c(O)c(Br)c1)c1nc(-c2ccc3c(c2)OCO3)cs1. The monoisotopic (exact) mass is 504 g/mol. The minimum atomic E-state index is 0.116. The molecule has 0 saturated carbocycles. The number of ether oxygens (including phenoxy) is 2. The van der Waals surface area contributed by atoms with Gasteiger partial charge < -0.3 is 14.6 Å². The Labute approximate surface area is 175 Å². The van der Waals surface area contributed by atoms with Gasteiger partial charge in [-0.15, -0.1) is 11.3 Å². The van der Waals surface area contributed by atoms with Gasteiger partial charge in [0.2, 0.25) is 6.79 Å². The van der Waals surface area contributed by atoms with E-state index in [9.17, 15) is 10.4 Å². The number of rotatable bonds is 3. The van der Waals surface area contributed by atoms with Crippen LogP contribution in [0.5, 0.6) is 17.2 Å². The van der Waals surface area contributed by atoms with Crippen LogP contribution in [0, 0.1) is 11.3 Å². The van der Waals surface area contributed by atoms with E-state index < -0.39 is 0 Å². The van der Waals surface area contributed by atoms with Gasteiger partial charge in [-0.3, -0.25) is 0 Å². The average molecular weight is 506 g/mol. The van der Waals surface area contributed by atoms with Crippen molar-refractivity contribution in [2.24, 2.45) is 0 Å². The molecular formula is C19H10Br2N2O3S. The molecule has 134 valence electrons. The summed E-state index contributed by atoms with van der Waals surface area (Å²) in [5.41, 5.74) is 2.87. The van der Waals surface area contributed by atoms with Crippen molar-refractivity contribution >= 4 is 54.8 Å². The zero-order valence-corrected chi connectivity index (χ0v) is 17.6. The van der Waals surface area contributed by atoms with Gasteiger partial charge in [0.05, 0.1) is 20.2 Å². The number of halogens is 2. The first-order valence-electron chi connectivity index (χ1n) is 7.71. The highest BCUT2D eigenvalue weighted by atomic mass is 79.9. The second-order valence-corrected chi connectivity index (χ2v) is 8.18. The lowest BCUT2D eigenvalue weighted by Gasteiger charge is -2.03. The fraction of sp³-hybridized carbons (Fsp3) is 0.0526. The normalized spacial score (nSPS) is 12.9. The van der Waals surface area contributed by atoms with Crippen molar-refractivity contribution in [3.05, 3.63) is 55.2 Å². The molecule has 0 unspecified atom stereocenters. The number of fused-ring (bicyclic) bond motifs is 1. The highest BCUT2D eigenvalue weighted by Crippen LogP contribution is 2.37. The molecule has 5 nitrogen and oxygen atoms in total. The number of aromatic hydroxyl groups is 1. The van der Waals surface area contributed by atoms with Crippen LogP contribution < -0.4 is 9.47 Å². The highest BCUT2D eigenvalue weighted by Gasteiger charge is 2.16. The molecule has 0 spiro atoms. The van der Waals surface area contributed by atoms with E-state index in [0.29, 0.717) is 25.3 Å². The van der Waals surface area contributed by atoms with E-state index in [1.807, 2.05) is 23.6 Å². The van der Waals surface area contributed by atoms with Gasteiger partial charge in [-0.05, 0) is 73.8 Å². The summed E-state index contributed by atoms with van der Waals surface area (Å²) in [6.07, 6.45) is 1.73. The summed E-state index contributed by atoms with van der Waals surface area (Å²) >= 11 is 7.99. The third-order valence-electron chi connectivity index (χ3n) is 3.87. The van der Waals surface area contributed by atoms with Crippen molar-refractivity contribution in [3.8, 4) is 34.6 Å². The molecular weight excluding hydrogens is 496 g/mol. The molecule has 1 aromatic heterocycles. The number of phenolic OH excluding ortho intramolecular Hbond substituents is 1. The Morgan fingerprint density at radius 2 is 1.93 bits per heavy atom. The van der Waals surface area contributed by atoms with Gasteiger partial charge in [0.15, 0.2) is 11.5 Å². The predicted molar refractivity (Wildman–Crippen MR) is 111 cm³/mol. The summed E-state index contributed by atoms with van der Waals surface area (Å²) in [7, 11) is 0. The van der Waals surface area contributed by atoms with Crippen LogP contribution in [-0.4, -0.2) is 16.9 Å². The first kappa shape index (κ1) is 18.0. The molecule has 2 heterocycles. The van der Waals surface area contributed by atoms with Crippen LogP contribution in [-0.2, 0) is 0 Å². The summed E-state index contributed by atoms with van der Waals surface area (Å²) in [4.78, 5) is 4.59. The molecule has 4 rings (SSSR count). The molecule has 1 aliphatic heterocycles. The van der Waals surface area contributed by atoms with Crippen LogP contribution in [0.15, 0.2) is 44.7 Å². The number of allylic oxidation sites excluding steroid dienone is 1. The Kier molecular flexibility index (Phi) is 4.91. The largest absolute Gasteiger partial charge is 0.506 e. The minimum absolute atomic E-state index is 0.116. The van der Waals surface area contributed by atoms with Crippen LogP contribution in [0.25, 0.3) is 22.9 Å². The van der Waals surface area contributed by atoms with E-state index in [1.54, 1.807) is 18.2 Å². The number of aromatic nitrogens is 1. The molecule has 0 bridgehead atoms. The van der Waals surface area contributed by atoms with Crippen molar-refractivity contribution in [1.29, 1.82) is 5.26 Å². The summed E-state index contributed by atoms with van der Waals surface area (Å²) in [5, 5.41) is 21.9. The van der Waals surface area contributed by atoms with E-state index in [4.69, 9.17) is 9.47 Å². The number of nitriles is 1. The minimum Gasteiger partial charge on any atom is -0.506 e. The Balaban J connectivity index is 1.68. The molecule has 0 saturated heterocycles. The van der Waals surface area contributed by atoms with Crippen LogP contribution >= 0.6 is 43.2 Å². The second kappa shape index (κ2) is 7.35. The van der Waals surface area contributed by atoms with Crippen LogP contribution in [0.3, 0.4) is 0 Å². The maximum atomic E-state index is 9.83. The first-order chi connectivity index (χ1) is 13.0. The van der Waals surface area contributed by atoms with Gasteiger partial charge in [0.25, 0.3) is 0 Å². The molecule has 0 aliphatic carbocycles. The average Bonchev–Trinajstić information content (AvgIpc) is 3.32. The summed E-state index contributed by atoms with van der Waals surface area (Å²) in [5.74, 6) is 1.53. The summed E-state index contributed by atoms with van der Waals surface area (Å²) in [6.45, 7) is 0.222. The second-order valence-electron chi connectivity index (χ2n) is 5.61. The number of thiazole rings is 1. The molecule has 0 amide bonds. The summed E-state index contributed by atoms with van der Waals surface area (Å²) < 4.78 is 11.8. The molecule has 27 heavy (non-hydrogen) atoms. The van der Waals surface area contributed by atoms with Gasteiger partial charge in [-0.25, -0.2) is 4.98 Å². The van der Waals surface area contributed by atoms with Gasteiger partial charge in [-0.1, -0.05) is 0 Å². The smallest absolute Gasteiger partial charge is 0.231 e. The van der Waals surface area contributed by atoms with Crippen molar-refractivity contribution in [1.82, 2.24) is 4.98 Å². The topological polar surface area (TPSA) is 75.4 Å². The van der Waals surface area contributed by atoms with Crippen LogP contribution in [0.2, 0.25) is 0 Å². The van der Waals surface area contributed by atoms with Crippen molar-refractivity contribution in [3.63, 3.8) is 0 Å².